The number of imidazole rings is 1. The van der Waals surface area contributed by atoms with Crippen LogP contribution < -0.4 is 5.73 Å². The molecule has 0 aliphatic carbocycles. The monoisotopic (exact) mass is 257 g/mol. The number of nitrogen functional groups attached to an aromatic ring is 1. The third-order valence-corrected chi connectivity index (χ3v) is 4.32. The number of thiazole rings is 1. The van der Waals surface area contributed by atoms with Gasteiger partial charge in [-0.2, -0.15) is 0 Å². The molecule has 3 nitrogen and oxygen atoms in total. The number of hydrogen-bond acceptors (Lipinski definition) is 3. The maximum absolute atomic E-state index is 6.15. The molecule has 0 fully saturated rings. The SMILES string of the molecule is CCc1sc2nc(C)c(N)n2c1-c1ccccc1. The van der Waals surface area contributed by atoms with Crippen molar-refractivity contribution in [1.29, 1.82) is 0 Å². The second-order valence-electron chi connectivity index (χ2n) is 4.29. The number of fused-ring (bicyclic) bond motifs is 1. The Balaban J connectivity index is 2.38. The van der Waals surface area contributed by atoms with Gasteiger partial charge >= 0.3 is 0 Å². The summed E-state index contributed by atoms with van der Waals surface area (Å²) in [5.74, 6) is 0.750. The Morgan fingerprint density at radius 2 is 2.00 bits per heavy atom. The van der Waals surface area contributed by atoms with Crippen LogP contribution in [-0.2, 0) is 6.42 Å². The van der Waals surface area contributed by atoms with E-state index in [1.165, 1.54) is 16.1 Å². The van der Waals surface area contributed by atoms with Gasteiger partial charge in [-0.05, 0) is 18.9 Å². The first-order chi connectivity index (χ1) is 8.72. The van der Waals surface area contributed by atoms with E-state index in [-0.39, 0.29) is 0 Å². The summed E-state index contributed by atoms with van der Waals surface area (Å²) in [6.45, 7) is 4.12. The lowest BCUT2D eigenvalue weighted by atomic mass is 10.1. The van der Waals surface area contributed by atoms with Crippen LogP contribution in [0.25, 0.3) is 16.2 Å². The van der Waals surface area contributed by atoms with Crippen molar-refractivity contribution in [1.82, 2.24) is 9.38 Å². The standard InChI is InChI=1S/C14H15N3S/c1-3-11-12(10-7-5-4-6-8-10)17-13(15)9(2)16-14(17)18-11/h4-8H,3,15H2,1-2H3. The highest BCUT2D eigenvalue weighted by molar-refractivity contribution is 7.17. The number of aryl methyl sites for hydroxylation is 2. The summed E-state index contributed by atoms with van der Waals surface area (Å²) in [6, 6.07) is 10.4. The summed E-state index contributed by atoms with van der Waals surface area (Å²) in [4.78, 5) is 6.84. The van der Waals surface area contributed by atoms with Crippen molar-refractivity contribution in [2.75, 3.05) is 5.73 Å². The van der Waals surface area contributed by atoms with Crippen molar-refractivity contribution < 1.29 is 0 Å². The first-order valence-electron chi connectivity index (χ1n) is 6.04. The summed E-state index contributed by atoms with van der Waals surface area (Å²) in [6.07, 6.45) is 0.997. The van der Waals surface area contributed by atoms with Gasteiger partial charge in [0.05, 0.1) is 11.4 Å². The van der Waals surface area contributed by atoms with Crippen molar-refractivity contribution in [3.63, 3.8) is 0 Å². The zero-order valence-electron chi connectivity index (χ0n) is 10.5. The van der Waals surface area contributed by atoms with Crippen molar-refractivity contribution >= 4 is 22.1 Å². The molecule has 0 atom stereocenters. The normalized spacial score (nSPS) is 11.2. The Kier molecular flexibility index (Phi) is 2.59. The third kappa shape index (κ3) is 1.53. The van der Waals surface area contributed by atoms with Gasteiger partial charge in [-0.1, -0.05) is 37.3 Å². The number of aromatic nitrogens is 2. The Labute approximate surface area is 110 Å². The van der Waals surface area contributed by atoms with E-state index in [4.69, 9.17) is 5.73 Å². The predicted octanol–water partition coefficient (Wildman–Crippen LogP) is 3.52. The molecule has 3 aromatic rings. The molecule has 0 radical (unpaired) electrons. The van der Waals surface area contributed by atoms with Gasteiger partial charge in [0.1, 0.15) is 5.82 Å². The zero-order valence-corrected chi connectivity index (χ0v) is 11.3. The fraction of sp³-hybridized carbons (Fsp3) is 0.214. The number of benzene rings is 1. The maximum Gasteiger partial charge on any atom is 0.196 e. The average Bonchev–Trinajstić information content (AvgIpc) is 2.88. The lowest BCUT2D eigenvalue weighted by molar-refractivity contribution is 1.14. The summed E-state index contributed by atoms with van der Waals surface area (Å²) >= 11 is 1.73. The summed E-state index contributed by atoms with van der Waals surface area (Å²) in [5.41, 5.74) is 9.45. The van der Waals surface area contributed by atoms with Gasteiger partial charge in [0, 0.05) is 4.88 Å². The van der Waals surface area contributed by atoms with Crippen LogP contribution in [0.5, 0.6) is 0 Å². The van der Waals surface area contributed by atoms with Crippen molar-refractivity contribution in [3.05, 3.63) is 40.9 Å². The molecule has 3 rings (SSSR count). The van der Waals surface area contributed by atoms with Crippen LogP contribution in [0.1, 0.15) is 17.5 Å². The van der Waals surface area contributed by atoms with Crippen LogP contribution in [0.4, 0.5) is 5.82 Å². The Morgan fingerprint density at radius 1 is 1.28 bits per heavy atom. The minimum absolute atomic E-state index is 0.750. The van der Waals surface area contributed by atoms with Crippen LogP contribution in [0.3, 0.4) is 0 Å². The van der Waals surface area contributed by atoms with Crippen LogP contribution in [0.15, 0.2) is 30.3 Å². The molecule has 92 valence electrons. The van der Waals surface area contributed by atoms with E-state index in [0.717, 1.165) is 22.9 Å². The molecule has 2 aromatic heterocycles. The lowest BCUT2D eigenvalue weighted by Crippen LogP contribution is -1.96. The fourth-order valence-electron chi connectivity index (χ4n) is 2.21. The van der Waals surface area contributed by atoms with Gasteiger partial charge in [0.2, 0.25) is 0 Å². The Hall–Kier alpha value is -1.81. The average molecular weight is 257 g/mol. The first kappa shape index (κ1) is 11.3. The lowest BCUT2D eigenvalue weighted by Gasteiger charge is -2.04. The number of anilines is 1. The van der Waals surface area contributed by atoms with E-state index in [9.17, 15) is 0 Å². The largest absolute Gasteiger partial charge is 0.383 e. The number of nitrogens with zero attached hydrogens (tertiary/aromatic N) is 2. The van der Waals surface area contributed by atoms with Gasteiger partial charge in [0.15, 0.2) is 4.96 Å². The third-order valence-electron chi connectivity index (χ3n) is 3.14. The van der Waals surface area contributed by atoms with Crippen molar-refractivity contribution in [2.24, 2.45) is 0 Å². The quantitative estimate of drug-likeness (QED) is 0.763. The molecule has 0 aliphatic heterocycles. The highest BCUT2D eigenvalue weighted by atomic mass is 32.1. The van der Waals surface area contributed by atoms with Crippen LogP contribution in [-0.4, -0.2) is 9.38 Å². The molecule has 0 bridgehead atoms. The molecule has 2 heterocycles. The number of hydrogen-bond donors (Lipinski definition) is 1. The van der Waals surface area contributed by atoms with E-state index in [1.54, 1.807) is 11.3 Å². The molecule has 0 amide bonds. The minimum atomic E-state index is 0.750. The summed E-state index contributed by atoms with van der Waals surface area (Å²) in [5, 5.41) is 0. The smallest absolute Gasteiger partial charge is 0.196 e. The van der Waals surface area contributed by atoms with E-state index in [2.05, 4.69) is 40.6 Å². The molecule has 0 unspecified atom stereocenters. The maximum atomic E-state index is 6.15. The van der Waals surface area contributed by atoms with Gasteiger partial charge < -0.3 is 5.73 Å². The second-order valence-corrected chi connectivity index (χ2v) is 5.36. The predicted molar refractivity (Wildman–Crippen MR) is 77.0 cm³/mol. The first-order valence-corrected chi connectivity index (χ1v) is 6.85. The number of nitrogens with two attached hydrogens (primary N) is 1. The summed E-state index contributed by atoms with van der Waals surface area (Å²) < 4.78 is 2.08. The molecule has 18 heavy (non-hydrogen) atoms. The van der Waals surface area contributed by atoms with Crippen LogP contribution >= 0.6 is 11.3 Å². The molecule has 4 heteroatoms. The van der Waals surface area contributed by atoms with E-state index in [0.29, 0.717) is 0 Å². The molecule has 1 aromatic carbocycles. The van der Waals surface area contributed by atoms with E-state index in [1.807, 2.05) is 13.0 Å². The molecule has 0 saturated carbocycles. The van der Waals surface area contributed by atoms with E-state index < -0.39 is 0 Å². The minimum Gasteiger partial charge on any atom is -0.383 e. The molecule has 0 spiro atoms. The zero-order chi connectivity index (χ0) is 12.7. The van der Waals surface area contributed by atoms with Gasteiger partial charge in [0.25, 0.3) is 0 Å². The van der Waals surface area contributed by atoms with Crippen LogP contribution in [0, 0.1) is 6.92 Å². The second kappa shape index (κ2) is 4.14. The number of rotatable bonds is 2. The Bertz CT molecular complexity index is 695. The van der Waals surface area contributed by atoms with Crippen LogP contribution in [0.2, 0.25) is 0 Å². The van der Waals surface area contributed by atoms with Gasteiger partial charge in [-0.25, -0.2) is 4.98 Å². The fourth-order valence-corrected chi connectivity index (χ4v) is 3.34. The molecule has 0 aliphatic rings. The molecule has 0 saturated heterocycles. The van der Waals surface area contributed by atoms with Crippen molar-refractivity contribution in [2.45, 2.75) is 20.3 Å². The highest BCUT2D eigenvalue weighted by Gasteiger charge is 2.17. The van der Waals surface area contributed by atoms with Crippen molar-refractivity contribution in [3.8, 4) is 11.3 Å². The molecular formula is C14H15N3S. The van der Waals surface area contributed by atoms with Gasteiger partial charge in [-0.3, -0.25) is 4.40 Å². The molecular weight excluding hydrogens is 242 g/mol. The highest BCUT2D eigenvalue weighted by Crippen LogP contribution is 2.34. The molecule has 2 N–H and O–H groups in total. The summed E-state index contributed by atoms with van der Waals surface area (Å²) in [7, 11) is 0. The van der Waals surface area contributed by atoms with Gasteiger partial charge in [-0.15, -0.1) is 11.3 Å². The van der Waals surface area contributed by atoms with E-state index >= 15 is 0 Å². The topological polar surface area (TPSA) is 43.3 Å². The Morgan fingerprint density at radius 3 is 2.67 bits per heavy atom.